The number of nitrogens with zero attached hydrogens (tertiary/aromatic N) is 1. The van der Waals surface area contributed by atoms with E-state index in [-0.39, 0.29) is 5.91 Å². The molecule has 5 heteroatoms. The van der Waals surface area contributed by atoms with E-state index in [1.54, 1.807) is 0 Å². The maximum absolute atomic E-state index is 12.3. The van der Waals surface area contributed by atoms with Crippen LogP contribution in [0.4, 0.5) is 5.69 Å². The van der Waals surface area contributed by atoms with Gasteiger partial charge in [-0.2, -0.15) is 0 Å². The number of rotatable bonds is 7. The van der Waals surface area contributed by atoms with Gasteiger partial charge < -0.3 is 10.1 Å². The lowest BCUT2D eigenvalue weighted by Gasteiger charge is -2.27. The van der Waals surface area contributed by atoms with Crippen molar-refractivity contribution in [3.8, 4) is 0 Å². The molecule has 138 valence electrons. The second-order valence-corrected chi connectivity index (χ2v) is 7.01. The lowest BCUT2D eigenvalue weighted by atomic mass is 10.1. The summed E-state index contributed by atoms with van der Waals surface area (Å²) in [5.41, 5.74) is 3.27. The summed E-state index contributed by atoms with van der Waals surface area (Å²) in [6.45, 7) is 4.26. The Morgan fingerprint density at radius 2 is 1.81 bits per heavy atom. The fraction of sp³-hybridized carbons (Fsp3) is 0.381. The van der Waals surface area contributed by atoms with Crippen LogP contribution in [0.25, 0.3) is 0 Å². The van der Waals surface area contributed by atoms with Gasteiger partial charge in [-0.05, 0) is 42.2 Å². The van der Waals surface area contributed by atoms with E-state index < -0.39 is 0 Å². The van der Waals surface area contributed by atoms with E-state index >= 15 is 0 Å². The van der Waals surface area contributed by atoms with E-state index in [4.69, 9.17) is 16.3 Å². The van der Waals surface area contributed by atoms with Crippen LogP contribution in [-0.2, 0) is 22.5 Å². The summed E-state index contributed by atoms with van der Waals surface area (Å²) in [4.78, 5) is 14.7. The minimum atomic E-state index is 0.0633. The average molecular weight is 373 g/mol. The van der Waals surface area contributed by atoms with Crippen molar-refractivity contribution in [3.05, 3.63) is 64.7 Å². The molecular formula is C21H25ClN2O2. The van der Waals surface area contributed by atoms with E-state index in [1.807, 2.05) is 42.5 Å². The second kappa shape index (κ2) is 9.72. The van der Waals surface area contributed by atoms with Crippen molar-refractivity contribution in [1.29, 1.82) is 0 Å². The fourth-order valence-corrected chi connectivity index (χ4v) is 3.22. The van der Waals surface area contributed by atoms with Gasteiger partial charge in [0, 0.05) is 36.8 Å². The molecule has 1 N–H and O–H groups in total. The average Bonchev–Trinajstić information content (AvgIpc) is 2.66. The van der Waals surface area contributed by atoms with Crippen LogP contribution >= 0.6 is 11.6 Å². The lowest BCUT2D eigenvalue weighted by Crippen LogP contribution is -2.35. The molecule has 0 aliphatic carbocycles. The Kier molecular flexibility index (Phi) is 7.06. The zero-order valence-electron chi connectivity index (χ0n) is 14.9. The maximum atomic E-state index is 12.3. The number of morpholine rings is 1. The number of para-hydroxylation sites is 1. The number of carbonyl (C=O) groups is 1. The number of ether oxygens (including phenoxy) is 1. The smallest absolute Gasteiger partial charge is 0.224 e. The molecule has 4 nitrogen and oxygen atoms in total. The topological polar surface area (TPSA) is 41.6 Å². The van der Waals surface area contributed by atoms with Gasteiger partial charge in [-0.25, -0.2) is 0 Å². The van der Waals surface area contributed by atoms with Gasteiger partial charge in [0.1, 0.15) is 0 Å². The van der Waals surface area contributed by atoms with Crippen molar-refractivity contribution < 1.29 is 9.53 Å². The van der Waals surface area contributed by atoms with Gasteiger partial charge in [-0.15, -0.1) is 0 Å². The third kappa shape index (κ3) is 5.84. The molecule has 3 rings (SSSR count). The Bertz CT molecular complexity index is 712. The van der Waals surface area contributed by atoms with Gasteiger partial charge in [0.15, 0.2) is 0 Å². The molecule has 1 fully saturated rings. The first-order valence-electron chi connectivity index (χ1n) is 9.13. The van der Waals surface area contributed by atoms with Gasteiger partial charge in [0.25, 0.3) is 0 Å². The highest BCUT2D eigenvalue weighted by Gasteiger charge is 2.13. The predicted molar refractivity (Wildman–Crippen MR) is 106 cm³/mol. The zero-order valence-corrected chi connectivity index (χ0v) is 15.7. The number of halogens is 1. The number of anilines is 1. The molecule has 0 radical (unpaired) electrons. The molecule has 0 atom stereocenters. The standard InChI is InChI=1S/C21H25ClN2O2/c22-19-10-8-17(9-11-19)4-3-7-21(25)23-20-6-2-1-5-18(20)16-24-12-14-26-15-13-24/h1-2,5-6,8-11H,3-4,7,12-16H2,(H,23,25). The Hall–Kier alpha value is -1.88. The van der Waals surface area contributed by atoms with E-state index in [0.29, 0.717) is 6.42 Å². The van der Waals surface area contributed by atoms with Gasteiger partial charge in [0.2, 0.25) is 5.91 Å². The van der Waals surface area contributed by atoms with Crippen molar-refractivity contribution in [2.45, 2.75) is 25.8 Å². The van der Waals surface area contributed by atoms with Crippen molar-refractivity contribution >= 4 is 23.2 Å². The molecule has 1 aliphatic heterocycles. The van der Waals surface area contributed by atoms with Gasteiger partial charge in [-0.3, -0.25) is 9.69 Å². The Labute approximate surface area is 160 Å². The van der Waals surface area contributed by atoms with Crippen LogP contribution in [0.3, 0.4) is 0 Å². The van der Waals surface area contributed by atoms with Crippen molar-refractivity contribution in [2.75, 3.05) is 31.6 Å². The molecule has 26 heavy (non-hydrogen) atoms. The largest absolute Gasteiger partial charge is 0.379 e. The third-order valence-electron chi connectivity index (χ3n) is 4.57. The first-order valence-corrected chi connectivity index (χ1v) is 9.51. The summed E-state index contributed by atoms with van der Waals surface area (Å²) in [5, 5.41) is 3.82. The van der Waals surface area contributed by atoms with E-state index in [1.165, 1.54) is 5.56 Å². The number of carbonyl (C=O) groups excluding carboxylic acids is 1. The van der Waals surface area contributed by atoms with Crippen LogP contribution < -0.4 is 5.32 Å². The molecule has 0 bridgehead atoms. The number of aryl methyl sites for hydroxylation is 1. The summed E-state index contributed by atoms with van der Waals surface area (Å²) in [5.74, 6) is 0.0633. The van der Waals surface area contributed by atoms with Crippen LogP contribution in [0.1, 0.15) is 24.0 Å². The van der Waals surface area contributed by atoms with Gasteiger partial charge >= 0.3 is 0 Å². The minimum absolute atomic E-state index is 0.0633. The fourth-order valence-electron chi connectivity index (χ4n) is 3.10. The van der Waals surface area contributed by atoms with Crippen molar-refractivity contribution in [3.63, 3.8) is 0 Å². The van der Waals surface area contributed by atoms with Crippen LogP contribution in [-0.4, -0.2) is 37.1 Å². The Morgan fingerprint density at radius 1 is 1.08 bits per heavy atom. The number of amides is 1. The normalized spacial score (nSPS) is 15.0. The molecule has 1 amide bonds. The summed E-state index contributed by atoms with van der Waals surface area (Å²) < 4.78 is 5.40. The highest BCUT2D eigenvalue weighted by atomic mass is 35.5. The van der Waals surface area contributed by atoms with Crippen molar-refractivity contribution in [2.24, 2.45) is 0 Å². The summed E-state index contributed by atoms with van der Waals surface area (Å²) in [6, 6.07) is 15.8. The number of nitrogens with one attached hydrogen (secondary N) is 1. The predicted octanol–water partition coefficient (Wildman–Crippen LogP) is 4.13. The molecule has 1 aliphatic rings. The molecule has 2 aromatic rings. The summed E-state index contributed by atoms with van der Waals surface area (Å²) >= 11 is 5.90. The van der Waals surface area contributed by atoms with Gasteiger partial charge in [0.05, 0.1) is 13.2 Å². The molecule has 1 heterocycles. The summed E-state index contributed by atoms with van der Waals surface area (Å²) in [6.07, 6.45) is 2.20. The van der Waals surface area contributed by atoms with Crippen molar-refractivity contribution in [1.82, 2.24) is 4.90 Å². The van der Waals surface area contributed by atoms with Crippen LogP contribution in [0.5, 0.6) is 0 Å². The highest BCUT2D eigenvalue weighted by Crippen LogP contribution is 2.19. The zero-order chi connectivity index (χ0) is 18.2. The van der Waals surface area contributed by atoms with E-state index in [9.17, 15) is 4.79 Å². The van der Waals surface area contributed by atoms with Crippen LogP contribution in [0.2, 0.25) is 5.02 Å². The molecular weight excluding hydrogens is 348 g/mol. The highest BCUT2D eigenvalue weighted by molar-refractivity contribution is 6.30. The lowest BCUT2D eigenvalue weighted by molar-refractivity contribution is -0.116. The Morgan fingerprint density at radius 3 is 2.58 bits per heavy atom. The minimum Gasteiger partial charge on any atom is -0.379 e. The maximum Gasteiger partial charge on any atom is 0.224 e. The first kappa shape index (κ1) is 18.9. The van der Waals surface area contributed by atoms with Crippen LogP contribution in [0.15, 0.2) is 48.5 Å². The molecule has 0 aromatic heterocycles. The quantitative estimate of drug-likeness (QED) is 0.794. The Balaban J connectivity index is 1.49. The third-order valence-corrected chi connectivity index (χ3v) is 4.82. The van der Waals surface area contributed by atoms with E-state index in [0.717, 1.165) is 62.0 Å². The monoisotopic (exact) mass is 372 g/mol. The van der Waals surface area contributed by atoms with Gasteiger partial charge in [-0.1, -0.05) is 41.9 Å². The SMILES string of the molecule is O=C(CCCc1ccc(Cl)cc1)Nc1ccccc1CN1CCOCC1. The first-order chi connectivity index (χ1) is 12.7. The van der Waals surface area contributed by atoms with E-state index in [2.05, 4.69) is 16.3 Å². The number of hydrogen-bond donors (Lipinski definition) is 1. The molecule has 0 saturated carbocycles. The summed E-state index contributed by atoms with van der Waals surface area (Å²) in [7, 11) is 0. The number of benzene rings is 2. The second-order valence-electron chi connectivity index (χ2n) is 6.57. The molecule has 0 spiro atoms. The number of hydrogen-bond acceptors (Lipinski definition) is 3. The molecule has 1 saturated heterocycles. The molecule has 0 unspecified atom stereocenters. The molecule has 2 aromatic carbocycles. The van der Waals surface area contributed by atoms with Crippen LogP contribution in [0, 0.1) is 0 Å².